The van der Waals surface area contributed by atoms with E-state index in [1.54, 1.807) is 10.9 Å². The highest BCUT2D eigenvalue weighted by molar-refractivity contribution is 7.15. The molecule has 0 fully saturated rings. The van der Waals surface area contributed by atoms with Crippen molar-refractivity contribution in [1.29, 1.82) is 0 Å². The summed E-state index contributed by atoms with van der Waals surface area (Å²) in [4.78, 5) is 0. The molecule has 0 aliphatic heterocycles. The van der Waals surface area contributed by atoms with E-state index in [2.05, 4.69) is 20.6 Å². The molecule has 23 heavy (non-hydrogen) atoms. The van der Waals surface area contributed by atoms with Gasteiger partial charge in [-0.15, -0.1) is 10.2 Å². The quantitative estimate of drug-likeness (QED) is 0.783. The molecule has 2 heterocycles. The lowest BCUT2D eigenvalue weighted by molar-refractivity contribution is -0.138. The molecule has 3 rings (SSSR count). The molecule has 3 aromatic rings. The van der Waals surface area contributed by atoms with Gasteiger partial charge in [0.05, 0.1) is 11.7 Å². The number of halogens is 3. The van der Waals surface area contributed by atoms with Crippen molar-refractivity contribution in [3.05, 3.63) is 53.3 Å². The van der Waals surface area contributed by atoms with Gasteiger partial charge in [-0.3, -0.25) is 0 Å². The number of hydrogen-bond donors (Lipinski definition) is 1. The van der Waals surface area contributed by atoms with E-state index in [1.807, 2.05) is 43.5 Å². The molecule has 2 aromatic heterocycles. The van der Waals surface area contributed by atoms with Crippen molar-refractivity contribution in [2.45, 2.75) is 19.1 Å². The van der Waals surface area contributed by atoms with Gasteiger partial charge < -0.3 is 5.32 Å². The maximum absolute atomic E-state index is 12.5. The third-order valence-electron chi connectivity index (χ3n) is 3.15. The summed E-state index contributed by atoms with van der Waals surface area (Å²) in [5.74, 6) is 0. The number of nitrogens with one attached hydrogen (secondary N) is 1. The number of benzene rings is 1. The van der Waals surface area contributed by atoms with Gasteiger partial charge in [-0.05, 0) is 30.7 Å². The first-order chi connectivity index (χ1) is 10.9. The fourth-order valence-corrected chi connectivity index (χ4v) is 2.72. The van der Waals surface area contributed by atoms with E-state index in [-0.39, 0.29) is 11.2 Å². The van der Waals surface area contributed by atoms with Gasteiger partial charge in [0.1, 0.15) is 0 Å². The fourth-order valence-electron chi connectivity index (χ4n) is 2.02. The van der Waals surface area contributed by atoms with Crippen molar-refractivity contribution < 1.29 is 13.2 Å². The molecule has 1 N–H and O–H groups in total. The van der Waals surface area contributed by atoms with Crippen LogP contribution in [0.5, 0.6) is 0 Å². The molecule has 0 spiro atoms. The van der Waals surface area contributed by atoms with E-state index in [9.17, 15) is 13.2 Å². The Labute approximate surface area is 133 Å². The highest BCUT2D eigenvalue weighted by Crippen LogP contribution is 2.34. The lowest BCUT2D eigenvalue weighted by Gasteiger charge is -2.14. The Morgan fingerprint density at radius 1 is 1.22 bits per heavy atom. The van der Waals surface area contributed by atoms with Crippen LogP contribution in [-0.2, 0) is 6.18 Å². The van der Waals surface area contributed by atoms with Crippen molar-refractivity contribution in [3.8, 4) is 5.69 Å². The van der Waals surface area contributed by atoms with Crippen LogP contribution in [0, 0.1) is 0 Å². The van der Waals surface area contributed by atoms with Crippen molar-refractivity contribution in [1.82, 2.24) is 20.0 Å². The first kappa shape index (κ1) is 15.5. The Balaban J connectivity index is 1.77. The highest BCUT2D eigenvalue weighted by Gasteiger charge is 2.35. The lowest BCUT2D eigenvalue weighted by atomic mass is 10.1. The van der Waals surface area contributed by atoms with Gasteiger partial charge in [0.15, 0.2) is 0 Å². The Kier molecular flexibility index (Phi) is 4.03. The van der Waals surface area contributed by atoms with Gasteiger partial charge in [0.2, 0.25) is 10.1 Å². The summed E-state index contributed by atoms with van der Waals surface area (Å²) in [5, 5.41) is 13.0. The first-order valence-corrected chi connectivity index (χ1v) is 7.52. The number of hydrogen-bond acceptors (Lipinski definition) is 5. The zero-order valence-electron chi connectivity index (χ0n) is 11.9. The van der Waals surface area contributed by atoms with Crippen molar-refractivity contribution in [2.75, 3.05) is 5.32 Å². The monoisotopic (exact) mass is 339 g/mol. The van der Waals surface area contributed by atoms with Gasteiger partial charge in [-0.25, -0.2) is 4.68 Å². The standard InChI is InChI=1S/C14H12F3N5S/c1-9(19-13-21-20-12(23-13)14(15,16)17)10-4-2-5-11(8-10)22-7-3-6-18-22/h2-9H,1H3,(H,19,21). The molecular weight excluding hydrogens is 327 g/mol. The van der Waals surface area contributed by atoms with Gasteiger partial charge in [0.25, 0.3) is 0 Å². The molecule has 0 aliphatic rings. The average molecular weight is 339 g/mol. The van der Waals surface area contributed by atoms with Crippen LogP contribution in [0.4, 0.5) is 18.3 Å². The van der Waals surface area contributed by atoms with E-state index < -0.39 is 11.2 Å². The number of anilines is 1. The van der Waals surface area contributed by atoms with Gasteiger partial charge >= 0.3 is 6.18 Å². The van der Waals surface area contributed by atoms with Crippen LogP contribution in [0.2, 0.25) is 0 Å². The van der Waals surface area contributed by atoms with E-state index >= 15 is 0 Å². The minimum atomic E-state index is -4.47. The molecule has 0 saturated heterocycles. The Morgan fingerprint density at radius 2 is 2.04 bits per heavy atom. The lowest BCUT2D eigenvalue weighted by Crippen LogP contribution is -2.07. The summed E-state index contributed by atoms with van der Waals surface area (Å²) in [5.41, 5.74) is 1.77. The Hall–Kier alpha value is -2.42. The molecule has 0 radical (unpaired) electrons. The van der Waals surface area contributed by atoms with Crippen molar-refractivity contribution >= 4 is 16.5 Å². The molecule has 1 unspecified atom stereocenters. The zero-order chi connectivity index (χ0) is 16.4. The molecule has 9 heteroatoms. The van der Waals surface area contributed by atoms with E-state index in [1.165, 1.54) is 0 Å². The van der Waals surface area contributed by atoms with E-state index in [4.69, 9.17) is 0 Å². The smallest absolute Gasteiger partial charge is 0.354 e. The van der Waals surface area contributed by atoms with Crippen LogP contribution in [0.15, 0.2) is 42.7 Å². The topological polar surface area (TPSA) is 55.6 Å². The van der Waals surface area contributed by atoms with E-state index in [0.717, 1.165) is 11.3 Å². The molecule has 0 saturated carbocycles. The van der Waals surface area contributed by atoms with Crippen LogP contribution < -0.4 is 5.32 Å². The minimum absolute atomic E-state index is 0.134. The molecule has 0 aliphatic carbocycles. The predicted octanol–water partition coefficient (Wildman–Crippen LogP) is 3.92. The third-order valence-corrected chi connectivity index (χ3v) is 4.05. The van der Waals surface area contributed by atoms with Crippen molar-refractivity contribution in [3.63, 3.8) is 0 Å². The van der Waals surface area contributed by atoms with Gasteiger partial charge in [-0.2, -0.15) is 18.3 Å². The molecular formula is C14H12F3N5S. The maximum Gasteiger partial charge on any atom is 0.445 e. The first-order valence-electron chi connectivity index (χ1n) is 6.71. The summed E-state index contributed by atoms with van der Waals surface area (Å²) in [6.45, 7) is 1.84. The van der Waals surface area contributed by atoms with Gasteiger partial charge in [0, 0.05) is 12.4 Å². The molecule has 0 amide bonds. The highest BCUT2D eigenvalue weighted by atomic mass is 32.1. The second-order valence-electron chi connectivity index (χ2n) is 4.82. The molecule has 120 valence electrons. The SMILES string of the molecule is CC(Nc1nnc(C(F)(F)F)s1)c1cccc(-n2cccn2)c1. The van der Waals surface area contributed by atoms with Crippen LogP contribution in [0.1, 0.15) is 23.5 Å². The summed E-state index contributed by atoms with van der Waals surface area (Å²) in [7, 11) is 0. The van der Waals surface area contributed by atoms with Crippen molar-refractivity contribution in [2.24, 2.45) is 0 Å². The molecule has 5 nitrogen and oxygen atoms in total. The number of nitrogens with zero attached hydrogens (tertiary/aromatic N) is 4. The second kappa shape index (κ2) is 5.99. The average Bonchev–Trinajstić information content (AvgIpc) is 3.18. The Morgan fingerprint density at radius 3 is 2.70 bits per heavy atom. The fraction of sp³-hybridized carbons (Fsp3) is 0.214. The van der Waals surface area contributed by atoms with Crippen LogP contribution >= 0.6 is 11.3 Å². The normalized spacial score (nSPS) is 13.0. The summed E-state index contributed by atoms with van der Waals surface area (Å²) < 4.78 is 39.3. The second-order valence-corrected chi connectivity index (χ2v) is 5.80. The molecule has 1 atom stereocenters. The maximum atomic E-state index is 12.5. The van der Waals surface area contributed by atoms with Crippen LogP contribution in [-0.4, -0.2) is 20.0 Å². The Bertz CT molecular complexity index is 782. The summed E-state index contributed by atoms with van der Waals surface area (Å²) in [6, 6.07) is 9.16. The number of alkyl halides is 3. The van der Waals surface area contributed by atoms with E-state index in [0.29, 0.717) is 11.3 Å². The van der Waals surface area contributed by atoms with Crippen LogP contribution in [0.25, 0.3) is 5.69 Å². The zero-order valence-corrected chi connectivity index (χ0v) is 12.8. The summed E-state index contributed by atoms with van der Waals surface area (Å²) >= 11 is 0.489. The predicted molar refractivity (Wildman–Crippen MR) is 80.5 cm³/mol. The minimum Gasteiger partial charge on any atom is -0.354 e. The molecule has 1 aromatic carbocycles. The van der Waals surface area contributed by atoms with Crippen LogP contribution in [0.3, 0.4) is 0 Å². The number of aromatic nitrogens is 4. The van der Waals surface area contributed by atoms with Gasteiger partial charge in [-0.1, -0.05) is 23.5 Å². The number of rotatable bonds is 4. The largest absolute Gasteiger partial charge is 0.445 e. The third kappa shape index (κ3) is 3.50. The summed E-state index contributed by atoms with van der Waals surface area (Å²) in [6.07, 6.45) is -0.980. The molecule has 0 bridgehead atoms.